The van der Waals surface area contributed by atoms with Gasteiger partial charge in [-0.2, -0.15) is 0 Å². The number of amides is 2. The van der Waals surface area contributed by atoms with Crippen molar-refractivity contribution in [2.24, 2.45) is 0 Å². The largest absolute Gasteiger partial charge is 0.413 e. The lowest BCUT2D eigenvalue weighted by Crippen LogP contribution is -2.48. The van der Waals surface area contributed by atoms with Gasteiger partial charge >= 0.3 is 6.09 Å². The maximum absolute atomic E-state index is 13.0. The second-order valence-corrected chi connectivity index (χ2v) is 7.17. The monoisotopic (exact) mass is 413 g/mol. The fourth-order valence-corrected chi connectivity index (χ4v) is 3.41. The number of para-hydroxylation sites is 2. The van der Waals surface area contributed by atoms with Crippen LogP contribution >= 0.6 is 0 Å². The number of aromatic nitrogens is 1. The van der Waals surface area contributed by atoms with Crippen LogP contribution in [-0.4, -0.2) is 23.0 Å². The predicted molar refractivity (Wildman–Crippen MR) is 120 cm³/mol. The van der Waals surface area contributed by atoms with Crippen LogP contribution in [0.3, 0.4) is 0 Å². The molecule has 0 aliphatic heterocycles. The van der Waals surface area contributed by atoms with Crippen LogP contribution in [0.25, 0.3) is 10.9 Å². The van der Waals surface area contributed by atoms with Crippen molar-refractivity contribution in [3.05, 3.63) is 102 Å². The molecule has 4 aromatic rings. The molecule has 1 aromatic heterocycles. The van der Waals surface area contributed by atoms with E-state index in [0.29, 0.717) is 18.7 Å². The topological polar surface area (TPSA) is 83.2 Å². The lowest BCUT2D eigenvalue weighted by Gasteiger charge is -2.18. The fourth-order valence-electron chi connectivity index (χ4n) is 3.41. The highest BCUT2D eigenvalue weighted by Gasteiger charge is 2.23. The highest BCUT2D eigenvalue weighted by atomic mass is 16.6. The van der Waals surface area contributed by atoms with Gasteiger partial charge in [-0.1, -0.05) is 66.7 Å². The molecule has 0 saturated carbocycles. The van der Waals surface area contributed by atoms with E-state index in [1.165, 1.54) is 0 Å². The smallest absolute Gasteiger partial charge is 0.410 e. The van der Waals surface area contributed by atoms with Crippen LogP contribution in [0.1, 0.15) is 11.1 Å². The lowest BCUT2D eigenvalue weighted by atomic mass is 10.0. The van der Waals surface area contributed by atoms with Gasteiger partial charge in [-0.3, -0.25) is 4.79 Å². The van der Waals surface area contributed by atoms with E-state index in [1.807, 2.05) is 66.9 Å². The Bertz CT molecular complexity index is 1160. The number of carbonyl (C=O) groups is 2. The van der Waals surface area contributed by atoms with Crippen LogP contribution < -0.4 is 15.4 Å². The van der Waals surface area contributed by atoms with Crippen LogP contribution in [0.4, 0.5) is 4.79 Å². The molecule has 3 N–H and O–H groups in total. The Labute approximate surface area is 180 Å². The van der Waals surface area contributed by atoms with Crippen molar-refractivity contribution in [3.8, 4) is 5.75 Å². The van der Waals surface area contributed by atoms with Gasteiger partial charge in [0.15, 0.2) is 0 Å². The van der Waals surface area contributed by atoms with Gasteiger partial charge < -0.3 is 20.4 Å². The molecule has 0 radical (unpaired) electrons. The Morgan fingerprint density at radius 2 is 1.55 bits per heavy atom. The van der Waals surface area contributed by atoms with Gasteiger partial charge in [0.25, 0.3) is 0 Å². The first-order chi connectivity index (χ1) is 15.2. The first kappa shape index (κ1) is 20.2. The molecular formula is C25H23N3O3. The van der Waals surface area contributed by atoms with E-state index in [4.69, 9.17) is 4.74 Å². The number of ether oxygens (including phenoxy) is 1. The second-order valence-electron chi connectivity index (χ2n) is 7.17. The van der Waals surface area contributed by atoms with E-state index in [1.54, 1.807) is 24.3 Å². The molecule has 0 spiro atoms. The average molecular weight is 413 g/mol. The van der Waals surface area contributed by atoms with E-state index in [-0.39, 0.29) is 5.91 Å². The summed E-state index contributed by atoms with van der Waals surface area (Å²) in [6.07, 6.45) is 1.52. The molecule has 6 heteroatoms. The number of nitrogens with one attached hydrogen (secondary N) is 3. The molecule has 0 aliphatic carbocycles. The molecule has 1 atom stereocenters. The molecule has 0 aliphatic rings. The first-order valence-electron chi connectivity index (χ1n) is 10.1. The number of hydrogen-bond donors (Lipinski definition) is 3. The Kier molecular flexibility index (Phi) is 6.28. The number of aromatic amines is 1. The summed E-state index contributed by atoms with van der Waals surface area (Å²) >= 11 is 0. The molecule has 6 nitrogen and oxygen atoms in total. The van der Waals surface area contributed by atoms with E-state index >= 15 is 0 Å². The zero-order valence-electron chi connectivity index (χ0n) is 16.9. The molecule has 2 amide bonds. The third kappa shape index (κ3) is 5.30. The number of rotatable bonds is 7. The van der Waals surface area contributed by atoms with Crippen molar-refractivity contribution in [2.45, 2.75) is 19.0 Å². The Balaban J connectivity index is 1.49. The van der Waals surface area contributed by atoms with Gasteiger partial charge in [-0.25, -0.2) is 4.79 Å². The summed E-state index contributed by atoms with van der Waals surface area (Å²) in [6, 6.07) is 25.4. The summed E-state index contributed by atoms with van der Waals surface area (Å²) in [4.78, 5) is 28.7. The Morgan fingerprint density at radius 3 is 2.32 bits per heavy atom. The standard InChI is InChI=1S/C25H23N3O3/c29-24(27-16-18-9-3-1-4-10-18)23(28-25(30)31-20-11-5-2-6-12-20)15-19-17-26-22-14-8-7-13-21(19)22/h1-14,17,23,26H,15-16H2,(H,27,29)(H,28,30)/t23-/m0/s1. The van der Waals surface area contributed by atoms with E-state index in [9.17, 15) is 9.59 Å². The maximum Gasteiger partial charge on any atom is 0.413 e. The zero-order chi connectivity index (χ0) is 21.5. The number of carbonyl (C=O) groups excluding carboxylic acids is 2. The lowest BCUT2D eigenvalue weighted by molar-refractivity contribution is -0.123. The normalized spacial score (nSPS) is 11.6. The maximum atomic E-state index is 13.0. The fraction of sp³-hybridized carbons (Fsp3) is 0.120. The molecule has 156 valence electrons. The SMILES string of the molecule is O=C(N[C@@H](Cc1c[nH]c2ccccc12)C(=O)NCc1ccccc1)Oc1ccccc1. The van der Waals surface area contributed by atoms with Gasteiger partial charge in [0, 0.05) is 30.1 Å². The summed E-state index contributed by atoms with van der Waals surface area (Å²) in [5.41, 5.74) is 2.90. The second kappa shape index (κ2) is 9.63. The van der Waals surface area contributed by atoms with Crippen molar-refractivity contribution >= 4 is 22.9 Å². The molecule has 3 aromatic carbocycles. The van der Waals surface area contributed by atoms with Crippen LogP contribution in [0.5, 0.6) is 5.75 Å². The van der Waals surface area contributed by atoms with Crippen LogP contribution in [0, 0.1) is 0 Å². The number of hydrogen-bond acceptors (Lipinski definition) is 3. The van der Waals surface area contributed by atoms with E-state index in [2.05, 4.69) is 15.6 Å². The highest BCUT2D eigenvalue weighted by molar-refractivity contribution is 5.88. The van der Waals surface area contributed by atoms with Gasteiger partial charge in [0.1, 0.15) is 11.8 Å². The Morgan fingerprint density at radius 1 is 0.871 bits per heavy atom. The van der Waals surface area contributed by atoms with E-state index < -0.39 is 12.1 Å². The number of benzene rings is 3. The predicted octanol–water partition coefficient (Wildman–Crippen LogP) is 4.18. The summed E-state index contributed by atoms with van der Waals surface area (Å²) in [5.74, 6) is 0.134. The first-order valence-corrected chi connectivity index (χ1v) is 10.1. The molecule has 0 unspecified atom stereocenters. The molecule has 0 fully saturated rings. The van der Waals surface area contributed by atoms with Gasteiger partial charge in [-0.15, -0.1) is 0 Å². The van der Waals surface area contributed by atoms with E-state index in [0.717, 1.165) is 22.0 Å². The van der Waals surface area contributed by atoms with Crippen LogP contribution in [0.15, 0.2) is 91.1 Å². The van der Waals surface area contributed by atoms with Crippen molar-refractivity contribution in [2.75, 3.05) is 0 Å². The van der Waals surface area contributed by atoms with Crippen molar-refractivity contribution in [1.82, 2.24) is 15.6 Å². The van der Waals surface area contributed by atoms with Crippen molar-refractivity contribution in [1.29, 1.82) is 0 Å². The summed E-state index contributed by atoms with van der Waals surface area (Å²) in [5, 5.41) is 6.64. The minimum absolute atomic E-state index is 0.279. The third-order valence-corrected chi connectivity index (χ3v) is 4.97. The summed E-state index contributed by atoms with van der Waals surface area (Å²) in [7, 11) is 0. The molecule has 1 heterocycles. The molecule has 4 rings (SSSR count). The average Bonchev–Trinajstić information content (AvgIpc) is 3.21. The number of H-pyrrole nitrogens is 1. The van der Waals surface area contributed by atoms with Crippen LogP contribution in [-0.2, 0) is 17.8 Å². The van der Waals surface area contributed by atoms with Crippen molar-refractivity contribution < 1.29 is 14.3 Å². The number of fused-ring (bicyclic) bond motifs is 1. The van der Waals surface area contributed by atoms with Gasteiger partial charge in [0.05, 0.1) is 0 Å². The molecule has 0 saturated heterocycles. The van der Waals surface area contributed by atoms with Gasteiger partial charge in [0.2, 0.25) is 5.91 Å². The van der Waals surface area contributed by atoms with Crippen molar-refractivity contribution in [3.63, 3.8) is 0 Å². The third-order valence-electron chi connectivity index (χ3n) is 4.97. The molecular weight excluding hydrogens is 390 g/mol. The molecule has 0 bridgehead atoms. The minimum Gasteiger partial charge on any atom is -0.410 e. The quantitative estimate of drug-likeness (QED) is 0.425. The minimum atomic E-state index is -0.792. The van der Waals surface area contributed by atoms with Crippen LogP contribution in [0.2, 0.25) is 0 Å². The Hall–Kier alpha value is -4.06. The summed E-state index contributed by atoms with van der Waals surface area (Å²) < 4.78 is 5.33. The molecule has 31 heavy (non-hydrogen) atoms. The summed E-state index contributed by atoms with van der Waals surface area (Å²) in [6.45, 7) is 0.374. The zero-order valence-corrected chi connectivity index (χ0v) is 16.9. The van der Waals surface area contributed by atoms with Gasteiger partial charge in [-0.05, 0) is 29.3 Å². The highest BCUT2D eigenvalue weighted by Crippen LogP contribution is 2.19.